The van der Waals surface area contributed by atoms with Crippen LogP contribution in [0, 0.1) is 0 Å². The number of methoxy groups -OCH3 is 1. The van der Waals surface area contributed by atoms with Crippen molar-refractivity contribution >= 4 is 29.0 Å². The van der Waals surface area contributed by atoms with Gasteiger partial charge in [0.05, 0.1) is 12.2 Å². The standard InChI is InChI=1S/C17H22ClN5O4/c1-3-4-7-23-14(19)13(15(24)21-17(23)26)22(8-9-27-2)16(25)11-5-6-12(18)20-10-11/h5-6,10H,3-4,7-9,19H2,1-2H3,(H,21,24,26). The van der Waals surface area contributed by atoms with E-state index >= 15 is 0 Å². The van der Waals surface area contributed by atoms with E-state index in [-0.39, 0.29) is 35.4 Å². The van der Waals surface area contributed by atoms with Crippen molar-refractivity contribution in [3.63, 3.8) is 0 Å². The third-order valence-corrected chi connectivity index (χ3v) is 4.18. The highest BCUT2D eigenvalue weighted by atomic mass is 35.5. The molecule has 0 spiro atoms. The Morgan fingerprint density at radius 1 is 1.41 bits per heavy atom. The number of carbonyl (C=O) groups excluding carboxylic acids is 1. The molecule has 0 aliphatic heterocycles. The zero-order chi connectivity index (χ0) is 20.0. The lowest BCUT2D eigenvalue weighted by Gasteiger charge is -2.24. The summed E-state index contributed by atoms with van der Waals surface area (Å²) in [6.07, 6.45) is 2.84. The number of hydrogen-bond donors (Lipinski definition) is 2. The van der Waals surface area contributed by atoms with Crippen LogP contribution in [0.3, 0.4) is 0 Å². The molecule has 1 amide bonds. The molecule has 2 heterocycles. The first-order valence-corrected chi connectivity index (χ1v) is 8.83. The third-order valence-electron chi connectivity index (χ3n) is 3.96. The predicted molar refractivity (Wildman–Crippen MR) is 103 cm³/mol. The van der Waals surface area contributed by atoms with Gasteiger partial charge < -0.3 is 10.5 Å². The molecule has 0 saturated heterocycles. The van der Waals surface area contributed by atoms with Gasteiger partial charge >= 0.3 is 5.69 Å². The van der Waals surface area contributed by atoms with Crippen molar-refractivity contribution in [1.82, 2.24) is 14.5 Å². The van der Waals surface area contributed by atoms with Crippen LogP contribution in [0.5, 0.6) is 0 Å². The van der Waals surface area contributed by atoms with Gasteiger partial charge in [-0.2, -0.15) is 0 Å². The van der Waals surface area contributed by atoms with E-state index in [2.05, 4.69) is 9.97 Å². The molecule has 27 heavy (non-hydrogen) atoms. The van der Waals surface area contributed by atoms with Gasteiger partial charge in [0.1, 0.15) is 11.0 Å². The molecule has 9 nitrogen and oxygen atoms in total. The molecule has 0 bridgehead atoms. The highest BCUT2D eigenvalue weighted by Gasteiger charge is 2.25. The van der Waals surface area contributed by atoms with Crippen LogP contribution < -0.4 is 21.9 Å². The van der Waals surface area contributed by atoms with Crippen molar-refractivity contribution in [2.45, 2.75) is 26.3 Å². The van der Waals surface area contributed by atoms with Crippen molar-refractivity contribution in [3.8, 4) is 0 Å². The summed E-state index contributed by atoms with van der Waals surface area (Å²) < 4.78 is 6.30. The zero-order valence-corrected chi connectivity index (χ0v) is 16.0. The minimum Gasteiger partial charge on any atom is -0.383 e. The first-order valence-electron chi connectivity index (χ1n) is 8.45. The number of H-pyrrole nitrogens is 1. The summed E-state index contributed by atoms with van der Waals surface area (Å²) >= 11 is 5.76. The number of aromatic nitrogens is 3. The van der Waals surface area contributed by atoms with Crippen LogP contribution in [-0.4, -0.2) is 40.7 Å². The lowest BCUT2D eigenvalue weighted by atomic mass is 10.2. The number of nitrogens with two attached hydrogens (primary N) is 1. The number of amides is 1. The number of nitrogens with zero attached hydrogens (tertiary/aromatic N) is 3. The molecule has 0 aromatic carbocycles. The third kappa shape index (κ3) is 4.75. The fourth-order valence-corrected chi connectivity index (χ4v) is 2.64. The number of carbonyl (C=O) groups is 1. The monoisotopic (exact) mass is 395 g/mol. The molecular formula is C17H22ClN5O4. The fourth-order valence-electron chi connectivity index (χ4n) is 2.53. The smallest absolute Gasteiger partial charge is 0.330 e. The molecule has 0 unspecified atom stereocenters. The molecule has 0 aliphatic rings. The molecule has 0 saturated carbocycles. The van der Waals surface area contributed by atoms with Crippen LogP contribution >= 0.6 is 11.6 Å². The van der Waals surface area contributed by atoms with Gasteiger partial charge in [0.2, 0.25) is 0 Å². The zero-order valence-electron chi connectivity index (χ0n) is 15.2. The molecular weight excluding hydrogens is 374 g/mol. The molecule has 3 N–H and O–H groups in total. The van der Waals surface area contributed by atoms with E-state index in [1.807, 2.05) is 6.92 Å². The summed E-state index contributed by atoms with van der Waals surface area (Å²) in [5.74, 6) is -0.572. The quantitative estimate of drug-likeness (QED) is 0.648. The maximum absolute atomic E-state index is 13.0. The van der Waals surface area contributed by atoms with Gasteiger partial charge in [-0.05, 0) is 18.6 Å². The van der Waals surface area contributed by atoms with Crippen LogP contribution in [0.15, 0.2) is 27.9 Å². The summed E-state index contributed by atoms with van der Waals surface area (Å²) in [5, 5.41) is 0.237. The molecule has 0 radical (unpaired) electrons. The Morgan fingerprint density at radius 3 is 2.74 bits per heavy atom. The van der Waals surface area contributed by atoms with Crippen molar-refractivity contribution < 1.29 is 9.53 Å². The lowest BCUT2D eigenvalue weighted by molar-refractivity contribution is 0.0975. The van der Waals surface area contributed by atoms with Gasteiger partial charge in [-0.25, -0.2) is 9.78 Å². The normalized spacial score (nSPS) is 10.8. The Hall–Kier alpha value is -2.65. The van der Waals surface area contributed by atoms with Gasteiger partial charge in [-0.3, -0.25) is 24.0 Å². The highest BCUT2D eigenvalue weighted by Crippen LogP contribution is 2.20. The Balaban J connectivity index is 2.55. The average Bonchev–Trinajstić information content (AvgIpc) is 2.64. The van der Waals surface area contributed by atoms with Crippen LogP contribution in [0.2, 0.25) is 5.15 Å². The van der Waals surface area contributed by atoms with E-state index in [1.54, 1.807) is 0 Å². The van der Waals surface area contributed by atoms with E-state index in [0.29, 0.717) is 13.0 Å². The van der Waals surface area contributed by atoms with Crippen molar-refractivity contribution in [2.75, 3.05) is 30.9 Å². The number of halogens is 1. The largest absolute Gasteiger partial charge is 0.383 e. The number of ether oxygens (including phenoxy) is 1. The number of anilines is 2. The summed E-state index contributed by atoms with van der Waals surface area (Å²) in [6, 6.07) is 2.97. The van der Waals surface area contributed by atoms with Crippen LogP contribution in [0.25, 0.3) is 0 Å². The Bertz CT molecular complexity index is 907. The summed E-state index contributed by atoms with van der Waals surface area (Å²) in [6.45, 7) is 2.53. The van der Waals surface area contributed by atoms with Crippen LogP contribution in [-0.2, 0) is 11.3 Å². The van der Waals surface area contributed by atoms with Gasteiger partial charge in [0.25, 0.3) is 11.5 Å². The van der Waals surface area contributed by atoms with Gasteiger partial charge in [0.15, 0.2) is 5.69 Å². The topological polar surface area (TPSA) is 123 Å². The Morgan fingerprint density at radius 2 is 2.15 bits per heavy atom. The van der Waals surface area contributed by atoms with E-state index in [0.717, 1.165) is 6.42 Å². The lowest BCUT2D eigenvalue weighted by Crippen LogP contribution is -2.42. The van der Waals surface area contributed by atoms with Crippen LogP contribution in [0.4, 0.5) is 11.5 Å². The van der Waals surface area contributed by atoms with E-state index in [1.165, 1.54) is 34.9 Å². The minimum atomic E-state index is -0.739. The summed E-state index contributed by atoms with van der Waals surface area (Å²) in [5.41, 5.74) is 4.89. The van der Waals surface area contributed by atoms with Crippen molar-refractivity contribution in [3.05, 3.63) is 49.9 Å². The van der Waals surface area contributed by atoms with E-state index in [9.17, 15) is 14.4 Å². The highest BCUT2D eigenvalue weighted by molar-refractivity contribution is 6.29. The first-order chi connectivity index (χ1) is 12.9. The minimum absolute atomic E-state index is 0.0661. The number of unbranched alkanes of at least 4 members (excludes halogenated alkanes) is 1. The first kappa shape index (κ1) is 20.7. The number of rotatable bonds is 8. The van der Waals surface area contributed by atoms with Crippen molar-refractivity contribution in [2.24, 2.45) is 0 Å². The number of nitrogens with one attached hydrogen (secondary N) is 1. The maximum Gasteiger partial charge on any atom is 0.330 e. The molecule has 2 aromatic rings. The number of aromatic amines is 1. The number of hydrogen-bond acceptors (Lipinski definition) is 6. The second-order valence-electron chi connectivity index (χ2n) is 5.82. The van der Waals surface area contributed by atoms with Crippen molar-refractivity contribution in [1.29, 1.82) is 0 Å². The molecule has 0 atom stereocenters. The van der Waals surface area contributed by atoms with Gasteiger partial charge in [-0.1, -0.05) is 24.9 Å². The van der Waals surface area contributed by atoms with Gasteiger partial charge in [-0.15, -0.1) is 0 Å². The summed E-state index contributed by atoms with van der Waals surface area (Å²) in [4.78, 5) is 44.8. The van der Waals surface area contributed by atoms with E-state index in [4.69, 9.17) is 22.1 Å². The fraction of sp³-hybridized carbons (Fsp3) is 0.412. The number of nitrogen functional groups attached to an aromatic ring is 1. The molecule has 146 valence electrons. The molecule has 2 aromatic heterocycles. The number of pyridine rings is 1. The predicted octanol–water partition coefficient (Wildman–Crippen LogP) is 1.26. The second kappa shape index (κ2) is 9.33. The van der Waals surface area contributed by atoms with E-state index < -0.39 is 17.2 Å². The molecule has 2 rings (SSSR count). The SMILES string of the molecule is CCCCn1c(N)c(N(CCOC)C(=O)c2ccc(Cl)nc2)c(=O)[nH]c1=O. The second-order valence-corrected chi connectivity index (χ2v) is 6.20. The average molecular weight is 396 g/mol. The molecule has 0 aliphatic carbocycles. The van der Waals surface area contributed by atoms with Gasteiger partial charge in [0, 0.05) is 26.4 Å². The summed E-state index contributed by atoms with van der Waals surface area (Å²) in [7, 11) is 1.47. The van der Waals surface area contributed by atoms with Crippen LogP contribution in [0.1, 0.15) is 30.1 Å². The Labute approximate surface area is 160 Å². The maximum atomic E-state index is 13.0. The molecule has 0 fully saturated rings. The molecule has 10 heteroatoms. The Kier molecular flexibility index (Phi) is 7.14.